The summed E-state index contributed by atoms with van der Waals surface area (Å²) in [7, 11) is -3.72. The van der Waals surface area contributed by atoms with Gasteiger partial charge in [-0.1, -0.05) is 60.7 Å². The second-order valence-corrected chi connectivity index (χ2v) is 9.25. The lowest BCUT2D eigenvalue weighted by molar-refractivity contribution is -0.118. The monoisotopic (exact) mass is 485 g/mol. The van der Waals surface area contributed by atoms with Crippen molar-refractivity contribution in [3.63, 3.8) is 0 Å². The van der Waals surface area contributed by atoms with Crippen LogP contribution in [0, 0.1) is 5.82 Å². The number of anilines is 2. The van der Waals surface area contributed by atoms with Crippen molar-refractivity contribution in [2.45, 2.75) is 19.1 Å². The molecule has 0 aliphatic heterocycles. The van der Waals surface area contributed by atoms with Crippen LogP contribution in [-0.2, 0) is 32.6 Å². The molecular formula is C24H24FN3O5S. The smallest absolute Gasteiger partial charge is 0.408 e. The van der Waals surface area contributed by atoms with Crippen LogP contribution in [0.15, 0.2) is 78.9 Å². The summed E-state index contributed by atoms with van der Waals surface area (Å²) in [6.07, 6.45) is 0.278. The van der Waals surface area contributed by atoms with E-state index in [-0.39, 0.29) is 24.4 Å². The van der Waals surface area contributed by atoms with Crippen molar-refractivity contribution >= 4 is 33.4 Å². The fraction of sp³-hybridized carbons (Fsp3) is 0.167. The number of sulfonamides is 1. The summed E-state index contributed by atoms with van der Waals surface area (Å²) < 4.78 is 44.2. The maximum Gasteiger partial charge on any atom is 0.408 e. The topological polar surface area (TPSA) is 114 Å². The van der Waals surface area contributed by atoms with Crippen molar-refractivity contribution in [1.29, 1.82) is 0 Å². The van der Waals surface area contributed by atoms with Crippen LogP contribution in [0.3, 0.4) is 0 Å². The summed E-state index contributed by atoms with van der Waals surface area (Å²) in [6, 6.07) is 20.6. The number of nitrogens with one attached hydrogen (secondary N) is 3. The van der Waals surface area contributed by atoms with Crippen molar-refractivity contribution in [3.05, 3.63) is 95.8 Å². The maximum absolute atomic E-state index is 14.0. The molecule has 0 aliphatic rings. The van der Waals surface area contributed by atoms with Crippen molar-refractivity contribution in [2.75, 3.05) is 16.3 Å². The van der Waals surface area contributed by atoms with Gasteiger partial charge in [0, 0.05) is 12.1 Å². The van der Waals surface area contributed by atoms with E-state index in [1.54, 1.807) is 24.3 Å². The van der Waals surface area contributed by atoms with Crippen molar-refractivity contribution in [1.82, 2.24) is 5.32 Å². The Kier molecular flexibility index (Phi) is 8.20. The molecule has 2 amide bonds. The predicted molar refractivity (Wildman–Crippen MR) is 127 cm³/mol. The average Bonchev–Trinajstić information content (AvgIpc) is 2.80. The predicted octanol–water partition coefficient (Wildman–Crippen LogP) is 3.67. The molecule has 178 valence electrons. The highest BCUT2D eigenvalue weighted by Crippen LogP contribution is 2.21. The summed E-state index contributed by atoms with van der Waals surface area (Å²) in [5.41, 5.74) is 1.42. The molecule has 8 nitrogen and oxygen atoms in total. The maximum atomic E-state index is 14.0. The van der Waals surface area contributed by atoms with E-state index in [2.05, 4.69) is 15.4 Å². The first-order valence-corrected chi connectivity index (χ1v) is 12.2. The molecule has 0 saturated heterocycles. The number of rotatable bonds is 9. The zero-order chi connectivity index (χ0) is 24.6. The van der Waals surface area contributed by atoms with Gasteiger partial charge < -0.3 is 15.4 Å². The van der Waals surface area contributed by atoms with E-state index in [0.29, 0.717) is 0 Å². The van der Waals surface area contributed by atoms with Gasteiger partial charge in [0.1, 0.15) is 18.5 Å². The summed E-state index contributed by atoms with van der Waals surface area (Å²) in [5, 5.41) is 5.15. The van der Waals surface area contributed by atoms with Crippen LogP contribution in [0.4, 0.5) is 20.6 Å². The van der Waals surface area contributed by atoms with E-state index >= 15 is 0 Å². The number of hydrogen-bond donors (Lipinski definition) is 3. The van der Waals surface area contributed by atoms with Gasteiger partial charge in [-0.05, 0) is 29.3 Å². The standard InChI is InChI=1S/C24H24FN3O5S/c1-34(31,32)28-21-15-19(12-13-20(21)25)26-23(29)22(14-17-8-4-2-5-9-17)27-24(30)33-16-18-10-6-3-7-11-18/h2-13,15,22,28H,14,16H2,1H3,(H,26,29)(H,27,30)/t22-/m1/s1. The minimum atomic E-state index is -3.72. The van der Waals surface area contributed by atoms with E-state index < -0.39 is 33.9 Å². The summed E-state index contributed by atoms with van der Waals surface area (Å²) >= 11 is 0. The van der Waals surface area contributed by atoms with Gasteiger partial charge >= 0.3 is 6.09 Å². The Morgan fingerprint density at radius 2 is 1.56 bits per heavy atom. The molecule has 0 aliphatic carbocycles. The Labute approximate surface area is 197 Å². The highest BCUT2D eigenvalue weighted by atomic mass is 32.2. The molecule has 0 unspecified atom stereocenters. The SMILES string of the molecule is CS(=O)(=O)Nc1cc(NC(=O)[C@@H](Cc2ccccc2)NC(=O)OCc2ccccc2)ccc1F. The third-order valence-corrected chi connectivity index (χ3v) is 5.22. The van der Waals surface area contributed by atoms with Gasteiger partial charge in [0.05, 0.1) is 11.9 Å². The van der Waals surface area contributed by atoms with Crippen LogP contribution in [0.2, 0.25) is 0 Å². The van der Waals surface area contributed by atoms with E-state index in [4.69, 9.17) is 4.74 Å². The number of carbonyl (C=O) groups is 2. The average molecular weight is 486 g/mol. The molecular weight excluding hydrogens is 461 g/mol. The van der Waals surface area contributed by atoms with Crippen LogP contribution >= 0.6 is 0 Å². The van der Waals surface area contributed by atoms with Gasteiger partial charge in [0.25, 0.3) is 0 Å². The lowest BCUT2D eigenvalue weighted by atomic mass is 10.1. The van der Waals surface area contributed by atoms with Crippen LogP contribution < -0.4 is 15.4 Å². The molecule has 34 heavy (non-hydrogen) atoms. The summed E-state index contributed by atoms with van der Waals surface area (Å²) in [5.74, 6) is -1.38. The molecule has 0 aromatic heterocycles. The quantitative estimate of drug-likeness (QED) is 0.428. The second-order valence-electron chi connectivity index (χ2n) is 7.51. The molecule has 0 bridgehead atoms. The van der Waals surface area contributed by atoms with E-state index in [1.807, 2.05) is 36.4 Å². The molecule has 0 fully saturated rings. The van der Waals surface area contributed by atoms with Gasteiger partial charge in [-0.25, -0.2) is 17.6 Å². The number of alkyl carbamates (subject to hydrolysis) is 1. The van der Waals surface area contributed by atoms with Crippen LogP contribution in [0.25, 0.3) is 0 Å². The number of benzene rings is 3. The van der Waals surface area contributed by atoms with Gasteiger partial charge in [0.15, 0.2) is 0 Å². The first kappa shape index (κ1) is 24.7. The fourth-order valence-corrected chi connectivity index (χ4v) is 3.63. The zero-order valence-corrected chi connectivity index (χ0v) is 19.1. The number of carbonyl (C=O) groups excluding carboxylic acids is 2. The minimum absolute atomic E-state index is 0.0326. The van der Waals surface area contributed by atoms with Gasteiger partial charge in [0.2, 0.25) is 15.9 Å². The number of amides is 2. The Morgan fingerprint density at radius 3 is 2.18 bits per heavy atom. The molecule has 10 heteroatoms. The Bertz CT molecular complexity index is 1240. The molecule has 0 saturated carbocycles. The number of halogens is 1. The largest absolute Gasteiger partial charge is 0.445 e. The highest BCUT2D eigenvalue weighted by Gasteiger charge is 2.23. The molecule has 1 atom stereocenters. The van der Waals surface area contributed by atoms with E-state index in [9.17, 15) is 22.4 Å². The molecule has 0 spiro atoms. The van der Waals surface area contributed by atoms with E-state index in [0.717, 1.165) is 29.5 Å². The normalized spacial score (nSPS) is 11.8. The van der Waals surface area contributed by atoms with Crippen molar-refractivity contribution < 1.29 is 27.1 Å². The molecule has 3 aromatic carbocycles. The Balaban J connectivity index is 1.72. The highest BCUT2D eigenvalue weighted by molar-refractivity contribution is 7.92. The van der Waals surface area contributed by atoms with Crippen LogP contribution in [0.1, 0.15) is 11.1 Å². The first-order chi connectivity index (χ1) is 16.2. The lowest BCUT2D eigenvalue weighted by Gasteiger charge is -2.19. The Hall–Kier alpha value is -3.92. The zero-order valence-electron chi connectivity index (χ0n) is 18.3. The molecule has 3 aromatic rings. The fourth-order valence-electron chi connectivity index (χ4n) is 3.08. The lowest BCUT2D eigenvalue weighted by Crippen LogP contribution is -2.45. The summed E-state index contributed by atoms with van der Waals surface area (Å²) in [4.78, 5) is 25.4. The minimum Gasteiger partial charge on any atom is -0.445 e. The third-order valence-electron chi connectivity index (χ3n) is 4.63. The molecule has 0 heterocycles. The molecule has 0 radical (unpaired) electrons. The van der Waals surface area contributed by atoms with Gasteiger partial charge in [-0.15, -0.1) is 0 Å². The van der Waals surface area contributed by atoms with Gasteiger partial charge in [-0.3, -0.25) is 9.52 Å². The summed E-state index contributed by atoms with van der Waals surface area (Å²) in [6.45, 7) is 0.0326. The number of hydrogen-bond acceptors (Lipinski definition) is 5. The third kappa shape index (κ3) is 7.89. The van der Waals surface area contributed by atoms with Gasteiger partial charge in [-0.2, -0.15) is 0 Å². The molecule has 3 rings (SSSR count). The number of ether oxygens (including phenoxy) is 1. The van der Waals surface area contributed by atoms with Crippen molar-refractivity contribution in [2.24, 2.45) is 0 Å². The first-order valence-electron chi connectivity index (χ1n) is 10.3. The van der Waals surface area contributed by atoms with Crippen LogP contribution in [-0.4, -0.2) is 32.7 Å². The Morgan fingerprint density at radius 1 is 0.941 bits per heavy atom. The van der Waals surface area contributed by atoms with Crippen LogP contribution in [0.5, 0.6) is 0 Å². The molecule has 3 N–H and O–H groups in total. The van der Waals surface area contributed by atoms with Crippen molar-refractivity contribution in [3.8, 4) is 0 Å². The second kappa shape index (κ2) is 11.3. The van der Waals surface area contributed by atoms with E-state index in [1.165, 1.54) is 6.07 Å².